The van der Waals surface area contributed by atoms with Crippen LogP contribution < -0.4 is 10.6 Å². The molecule has 2 N–H and O–H groups in total. The minimum absolute atomic E-state index is 0.0647. The van der Waals surface area contributed by atoms with Crippen LogP contribution in [0.2, 0.25) is 0 Å². The fraction of sp³-hybridized carbons (Fsp3) is 0.429. The highest BCUT2D eigenvalue weighted by Gasteiger charge is 2.12. The highest BCUT2D eigenvalue weighted by molar-refractivity contribution is 5.96. The maximum absolute atomic E-state index is 11.7. The van der Waals surface area contributed by atoms with Crippen LogP contribution in [-0.2, 0) is 14.3 Å². The summed E-state index contributed by atoms with van der Waals surface area (Å²) in [4.78, 5) is 23.3. The second-order valence-corrected chi connectivity index (χ2v) is 4.31. The number of ether oxygens (including phenoxy) is 2. The van der Waals surface area contributed by atoms with Crippen molar-refractivity contribution in [3.05, 3.63) is 29.8 Å². The first-order valence-corrected chi connectivity index (χ1v) is 6.28. The number of carbonyl (C=O) groups is 2. The van der Waals surface area contributed by atoms with Crippen LogP contribution >= 0.6 is 0 Å². The van der Waals surface area contributed by atoms with E-state index in [-0.39, 0.29) is 18.5 Å². The van der Waals surface area contributed by atoms with Crippen LogP contribution in [0.4, 0.5) is 5.69 Å². The molecule has 0 aliphatic carbocycles. The van der Waals surface area contributed by atoms with Gasteiger partial charge in [-0.05, 0) is 19.1 Å². The van der Waals surface area contributed by atoms with Gasteiger partial charge in [-0.2, -0.15) is 0 Å². The van der Waals surface area contributed by atoms with Gasteiger partial charge in [-0.25, -0.2) is 4.79 Å². The second kappa shape index (κ2) is 8.16. The zero-order chi connectivity index (χ0) is 15.0. The lowest BCUT2D eigenvalue weighted by atomic mass is 10.2. The van der Waals surface area contributed by atoms with Gasteiger partial charge in [0.25, 0.3) is 0 Å². The quantitative estimate of drug-likeness (QED) is 0.730. The number of esters is 1. The second-order valence-electron chi connectivity index (χ2n) is 4.31. The molecule has 0 spiro atoms. The molecule has 0 radical (unpaired) electrons. The molecular formula is C14H20N2O4. The number of hydrogen-bond donors (Lipinski definition) is 2. The third-order valence-corrected chi connectivity index (χ3v) is 2.60. The average Bonchev–Trinajstić information content (AvgIpc) is 2.44. The fourth-order valence-electron chi connectivity index (χ4n) is 1.72. The van der Waals surface area contributed by atoms with Crippen molar-refractivity contribution in [2.75, 3.05) is 32.7 Å². The molecule has 1 amide bonds. The monoisotopic (exact) mass is 280 g/mol. The van der Waals surface area contributed by atoms with Gasteiger partial charge < -0.3 is 20.1 Å². The molecule has 110 valence electrons. The first-order chi connectivity index (χ1) is 9.58. The van der Waals surface area contributed by atoms with Gasteiger partial charge in [0.1, 0.15) is 0 Å². The van der Waals surface area contributed by atoms with E-state index in [4.69, 9.17) is 4.74 Å². The van der Waals surface area contributed by atoms with Crippen LogP contribution in [0.3, 0.4) is 0 Å². The van der Waals surface area contributed by atoms with Gasteiger partial charge >= 0.3 is 5.97 Å². The lowest BCUT2D eigenvalue weighted by Crippen LogP contribution is -2.39. The number of hydrogen-bond acceptors (Lipinski definition) is 5. The summed E-state index contributed by atoms with van der Waals surface area (Å²) in [7, 11) is 2.89. The smallest absolute Gasteiger partial charge is 0.339 e. The van der Waals surface area contributed by atoms with Crippen molar-refractivity contribution >= 4 is 17.6 Å². The predicted molar refractivity (Wildman–Crippen MR) is 75.8 cm³/mol. The Kier molecular flexibility index (Phi) is 6.52. The Labute approximate surface area is 118 Å². The number of amides is 1. The molecule has 6 nitrogen and oxygen atoms in total. The van der Waals surface area contributed by atoms with E-state index < -0.39 is 5.97 Å². The zero-order valence-corrected chi connectivity index (χ0v) is 11.9. The lowest BCUT2D eigenvalue weighted by molar-refractivity contribution is -0.120. The van der Waals surface area contributed by atoms with E-state index in [2.05, 4.69) is 15.4 Å². The molecule has 1 aromatic carbocycles. The molecule has 0 aliphatic rings. The number of nitrogens with one attached hydrogen (secondary N) is 2. The number of para-hydroxylation sites is 1. The molecule has 0 aliphatic heterocycles. The Hall–Kier alpha value is -2.08. The maximum atomic E-state index is 11.7. The topological polar surface area (TPSA) is 76.7 Å². The van der Waals surface area contributed by atoms with Crippen molar-refractivity contribution in [3.63, 3.8) is 0 Å². The van der Waals surface area contributed by atoms with E-state index in [0.29, 0.717) is 17.9 Å². The molecule has 0 saturated heterocycles. The molecule has 1 rings (SSSR count). The number of rotatable bonds is 7. The van der Waals surface area contributed by atoms with Gasteiger partial charge in [0.15, 0.2) is 0 Å². The zero-order valence-electron chi connectivity index (χ0n) is 11.9. The van der Waals surface area contributed by atoms with Crippen LogP contribution in [0.1, 0.15) is 17.3 Å². The molecule has 1 atom stereocenters. The maximum Gasteiger partial charge on any atom is 0.339 e. The molecule has 1 aromatic rings. The van der Waals surface area contributed by atoms with Gasteiger partial charge in [-0.15, -0.1) is 0 Å². The average molecular weight is 280 g/mol. The SMILES string of the molecule is COCC(C)NC(=O)CNc1ccccc1C(=O)OC. The predicted octanol–water partition coefficient (Wildman–Crippen LogP) is 1.04. The van der Waals surface area contributed by atoms with Crippen LogP contribution in [-0.4, -0.2) is 45.3 Å². The summed E-state index contributed by atoms with van der Waals surface area (Å²) < 4.78 is 9.62. The first kappa shape index (κ1) is 16.0. The summed E-state index contributed by atoms with van der Waals surface area (Å²) in [5.74, 6) is -0.615. The number of anilines is 1. The van der Waals surface area contributed by atoms with Crippen molar-refractivity contribution in [2.45, 2.75) is 13.0 Å². The Morgan fingerprint density at radius 1 is 1.25 bits per heavy atom. The van der Waals surface area contributed by atoms with Crippen LogP contribution in [0.15, 0.2) is 24.3 Å². The van der Waals surface area contributed by atoms with E-state index in [1.165, 1.54) is 7.11 Å². The lowest BCUT2D eigenvalue weighted by Gasteiger charge is -2.14. The van der Waals surface area contributed by atoms with Gasteiger partial charge in [0.05, 0.1) is 25.8 Å². The molecule has 0 bridgehead atoms. The Morgan fingerprint density at radius 3 is 2.60 bits per heavy atom. The van der Waals surface area contributed by atoms with Crippen LogP contribution in [0, 0.1) is 0 Å². The van der Waals surface area contributed by atoms with Gasteiger partial charge in [-0.1, -0.05) is 12.1 Å². The Morgan fingerprint density at radius 2 is 1.95 bits per heavy atom. The molecular weight excluding hydrogens is 260 g/mol. The molecule has 0 fully saturated rings. The third kappa shape index (κ3) is 4.89. The van der Waals surface area contributed by atoms with Crippen LogP contribution in [0.25, 0.3) is 0 Å². The Bertz CT molecular complexity index is 462. The highest BCUT2D eigenvalue weighted by atomic mass is 16.5. The summed E-state index contributed by atoms with van der Waals surface area (Å²) in [6, 6.07) is 6.81. The van der Waals surface area contributed by atoms with E-state index in [1.54, 1.807) is 31.4 Å². The van der Waals surface area contributed by atoms with Crippen molar-refractivity contribution in [1.29, 1.82) is 0 Å². The molecule has 0 saturated carbocycles. The molecule has 20 heavy (non-hydrogen) atoms. The number of carbonyl (C=O) groups excluding carboxylic acids is 2. The summed E-state index contributed by atoms with van der Waals surface area (Å²) >= 11 is 0. The minimum Gasteiger partial charge on any atom is -0.465 e. The molecule has 6 heteroatoms. The largest absolute Gasteiger partial charge is 0.465 e. The summed E-state index contributed by atoms with van der Waals surface area (Å²) in [6.45, 7) is 2.37. The van der Waals surface area contributed by atoms with E-state index in [0.717, 1.165) is 0 Å². The number of benzene rings is 1. The summed E-state index contributed by atoms with van der Waals surface area (Å²) in [5, 5.41) is 5.69. The standard InChI is InChI=1S/C14H20N2O4/c1-10(9-19-2)16-13(17)8-15-12-7-5-4-6-11(12)14(18)20-3/h4-7,10,15H,8-9H2,1-3H3,(H,16,17). The van der Waals surface area contributed by atoms with Crippen molar-refractivity contribution in [2.24, 2.45) is 0 Å². The first-order valence-electron chi connectivity index (χ1n) is 6.28. The Balaban J connectivity index is 2.57. The minimum atomic E-state index is -0.443. The molecule has 0 aromatic heterocycles. The summed E-state index contributed by atoms with van der Waals surface area (Å²) in [6.07, 6.45) is 0. The molecule has 1 unspecified atom stereocenters. The van der Waals surface area contributed by atoms with E-state index in [9.17, 15) is 9.59 Å². The highest BCUT2D eigenvalue weighted by Crippen LogP contribution is 2.15. The normalized spacial score (nSPS) is 11.6. The molecule has 0 heterocycles. The third-order valence-electron chi connectivity index (χ3n) is 2.60. The van der Waals surface area contributed by atoms with Crippen molar-refractivity contribution in [3.8, 4) is 0 Å². The van der Waals surface area contributed by atoms with Gasteiger partial charge in [0, 0.05) is 18.8 Å². The van der Waals surface area contributed by atoms with Crippen molar-refractivity contribution < 1.29 is 19.1 Å². The fourth-order valence-corrected chi connectivity index (χ4v) is 1.72. The van der Waals surface area contributed by atoms with Gasteiger partial charge in [-0.3, -0.25) is 4.79 Å². The van der Waals surface area contributed by atoms with E-state index >= 15 is 0 Å². The number of methoxy groups -OCH3 is 2. The van der Waals surface area contributed by atoms with E-state index in [1.807, 2.05) is 6.92 Å². The van der Waals surface area contributed by atoms with Gasteiger partial charge in [0.2, 0.25) is 5.91 Å². The summed E-state index contributed by atoms with van der Waals surface area (Å²) in [5.41, 5.74) is 0.960. The van der Waals surface area contributed by atoms with Crippen molar-refractivity contribution in [1.82, 2.24) is 5.32 Å². The van der Waals surface area contributed by atoms with Crippen LogP contribution in [0.5, 0.6) is 0 Å².